The van der Waals surface area contributed by atoms with Crippen LogP contribution < -0.4 is 10.1 Å². The summed E-state index contributed by atoms with van der Waals surface area (Å²) < 4.78 is 29.3. The Hall–Kier alpha value is -2.34. The first-order chi connectivity index (χ1) is 11.2. The topological polar surface area (TPSA) is 60.7 Å². The molecule has 2 unspecified atom stereocenters. The van der Waals surface area contributed by atoms with Gasteiger partial charge in [-0.1, -0.05) is 0 Å². The van der Waals surface area contributed by atoms with E-state index in [0.29, 0.717) is 12.3 Å². The number of halogens is 1. The molecule has 1 amide bonds. The number of ether oxygens (including phenoxy) is 2. The van der Waals surface area contributed by atoms with Gasteiger partial charge < -0.3 is 19.2 Å². The predicted molar refractivity (Wildman–Crippen MR) is 82.0 cm³/mol. The summed E-state index contributed by atoms with van der Waals surface area (Å²) in [7, 11) is 1.55. The third-order valence-electron chi connectivity index (χ3n) is 3.78. The number of methoxy groups -OCH3 is 1. The number of anilines is 1. The van der Waals surface area contributed by atoms with Crippen LogP contribution in [0.3, 0.4) is 0 Å². The van der Waals surface area contributed by atoms with Gasteiger partial charge >= 0.3 is 0 Å². The number of furan rings is 1. The number of amides is 1. The molecule has 1 N–H and O–H groups in total. The van der Waals surface area contributed by atoms with Gasteiger partial charge in [-0.25, -0.2) is 4.39 Å². The van der Waals surface area contributed by atoms with Crippen molar-refractivity contribution in [3.8, 4) is 5.75 Å². The zero-order valence-corrected chi connectivity index (χ0v) is 12.8. The SMILES string of the molecule is COCCOc1ccc(NC(=O)C2CC2c2ccco2)cc1F. The highest BCUT2D eigenvalue weighted by Gasteiger charge is 2.45. The molecule has 3 rings (SSSR count). The van der Waals surface area contributed by atoms with Gasteiger partial charge in [0.1, 0.15) is 12.4 Å². The largest absolute Gasteiger partial charge is 0.488 e. The van der Waals surface area contributed by atoms with Crippen LogP contribution in [-0.4, -0.2) is 26.2 Å². The lowest BCUT2D eigenvalue weighted by molar-refractivity contribution is -0.117. The van der Waals surface area contributed by atoms with Gasteiger partial charge in [0, 0.05) is 30.7 Å². The maximum atomic E-state index is 13.9. The standard InChI is InChI=1S/C17H18FNO4/c1-21-7-8-23-16-5-4-11(9-14(16)18)19-17(20)13-10-12(13)15-3-2-6-22-15/h2-6,9,12-13H,7-8,10H2,1H3,(H,19,20). The first-order valence-electron chi connectivity index (χ1n) is 7.44. The van der Waals surface area contributed by atoms with Crippen LogP contribution in [0.5, 0.6) is 5.75 Å². The van der Waals surface area contributed by atoms with E-state index >= 15 is 0 Å². The first kappa shape index (κ1) is 15.6. The quantitative estimate of drug-likeness (QED) is 0.796. The Morgan fingerprint density at radius 1 is 1.39 bits per heavy atom. The molecule has 2 atom stereocenters. The van der Waals surface area contributed by atoms with Gasteiger partial charge in [-0.2, -0.15) is 0 Å². The molecule has 1 saturated carbocycles. The molecule has 0 bridgehead atoms. The third kappa shape index (κ3) is 3.71. The van der Waals surface area contributed by atoms with E-state index in [1.54, 1.807) is 25.5 Å². The van der Waals surface area contributed by atoms with E-state index in [0.717, 1.165) is 12.2 Å². The van der Waals surface area contributed by atoms with Crippen molar-refractivity contribution >= 4 is 11.6 Å². The van der Waals surface area contributed by atoms with Crippen LogP contribution in [0.15, 0.2) is 41.0 Å². The van der Waals surface area contributed by atoms with Crippen LogP contribution in [0.2, 0.25) is 0 Å². The molecule has 5 nitrogen and oxygen atoms in total. The highest BCUT2D eigenvalue weighted by molar-refractivity contribution is 5.95. The highest BCUT2D eigenvalue weighted by Crippen LogP contribution is 2.48. The Morgan fingerprint density at radius 3 is 2.96 bits per heavy atom. The number of carbonyl (C=O) groups is 1. The first-order valence-corrected chi connectivity index (χ1v) is 7.44. The van der Waals surface area contributed by atoms with Crippen LogP contribution >= 0.6 is 0 Å². The molecule has 1 fully saturated rings. The Balaban J connectivity index is 1.56. The molecule has 1 aromatic heterocycles. The summed E-state index contributed by atoms with van der Waals surface area (Å²) in [6.45, 7) is 0.653. The summed E-state index contributed by atoms with van der Waals surface area (Å²) in [5.41, 5.74) is 0.414. The van der Waals surface area contributed by atoms with Gasteiger partial charge in [0.25, 0.3) is 0 Å². The predicted octanol–water partition coefficient (Wildman–Crippen LogP) is 3.19. The van der Waals surface area contributed by atoms with Gasteiger partial charge in [0.05, 0.1) is 12.9 Å². The maximum Gasteiger partial charge on any atom is 0.228 e. The lowest BCUT2D eigenvalue weighted by atomic mass is 10.2. The Morgan fingerprint density at radius 2 is 2.26 bits per heavy atom. The molecule has 0 saturated heterocycles. The van der Waals surface area contributed by atoms with Crippen molar-refractivity contribution in [2.75, 3.05) is 25.6 Å². The van der Waals surface area contributed by atoms with Crippen molar-refractivity contribution in [2.45, 2.75) is 12.3 Å². The number of rotatable bonds is 7. The van der Waals surface area contributed by atoms with E-state index in [-0.39, 0.29) is 30.1 Å². The molecule has 0 spiro atoms. The van der Waals surface area contributed by atoms with Crippen molar-refractivity contribution in [3.05, 3.63) is 48.2 Å². The fourth-order valence-corrected chi connectivity index (χ4v) is 2.47. The number of benzene rings is 1. The van der Waals surface area contributed by atoms with E-state index in [2.05, 4.69) is 5.32 Å². The van der Waals surface area contributed by atoms with E-state index in [1.807, 2.05) is 6.07 Å². The van der Waals surface area contributed by atoms with Crippen molar-refractivity contribution in [2.24, 2.45) is 5.92 Å². The fourth-order valence-electron chi connectivity index (χ4n) is 2.47. The van der Waals surface area contributed by atoms with E-state index in [9.17, 15) is 9.18 Å². The molecular weight excluding hydrogens is 301 g/mol. The fraction of sp³-hybridized carbons (Fsp3) is 0.353. The van der Waals surface area contributed by atoms with Gasteiger partial charge in [0.2, 0.25) is 5.91 Å². The number of nitrogens with one attached hydrogen (secondary N) is 1. The van der Waals surface area contributed by atoms with Crippen LogP contribution in [-0.2, 0) is 9.53 Å². The number of hydrogen-bond donors (Lipinski definition) is 1. The second-order valence-electron chi connectivity index (χ2n) is 5.44. The Labute approximate surface area is 133 Å². The average Bonchev–Trinajstić information content (AvgIpc) is 3.16. The monoisotopic (exact) mass is 319 g/mol. The molecule has 1 aliphatic rings. The summed E-state index contributed by atoms with van der Waals surface area (Å²) in [6, 6.07) is 8.04. The lowest BCUT2D eigenvalue weighted by Crippen LogP contribution is -2.14. The molecule has 6 heteroatoms. The average molecular weight is 319 g/mol. The summed E-state index contributed by atoms with van der Waals surface area (Å²) in [6.07, 6.45) is 2.35. The summed E-state index contributed by atoms with van der Waals surface area (Å²) >= 11 is 0. The van der Waals surface area contributed by atoms with E-state index in [4.69, 9.17) is 13.9 Å². The smallest absolute Gasteiger partial charge is 0.228 e. The van der Waals surface area contributed by atoms with Crippen LogP contribution in [0.1, 0.15) is 18.1 Å². The third-order valence-corrected chi connectivity index (χ3v) is 3.78. The minimum Gasteiger partial charge on any atom is -0.488 e. The van der Waals surface area contributed by atoms with Gasteiger partial charge in [-0.15, -0.1) is 0 Å². The van der Waals surface area contributed by atoms with Crippen molar-refractivity contribution < 1.29 is 23.1 Å². The van der Waals surface area contributed by atoms with Gasteiger partial charge in [0.15, 0.2) is 11.6 Å². The molecule has 1 aromatic carbocycles. The summed E-state index contributed by atoms with van der Waals surface area (Å²) in [5.74, 6) is 0.308. The normalized spacial score (nSPS) is 19.4. The zero-order valence-electron chi connectivity index (χ0n) is 12.8. The molecule has 0 radical (unpaired) electrons. The second kappa shape index (κ2) is 6.83. The summed E-state index contributed by atoms with van der Waals surface area (Å²) in [5, 5.41) is 2.73. The Kier molecular flexibility index (Phi) is 4.62. The van der Waals surface area contributed by atoms with Gasteiger partial charge in [-0.3, -0.25) is 4.79 Å². The Bertz CT molecular complexity index is 671. The van der Waals surface area contributed by atoms with Crippen LogP contribution in [0, 0.1) is 11.7 Å². The minimum atomic E-state index is -0.516. The second-order valence-corrected chi connectivity index (χ2v) is 5.44. The zero-order chi connectivity index (χ0) is 16.2. The van der Waals surface area contributed by atoms with Crippen molar-refractivity contribution in [3.63, 3.8) is 0 Å². The van der Waals surface area contributed by atoms with Crippen LogP contribution in [0.4, 0.5) is 10.1 Å². The molecule has 0 aliphatic heterocycles. The highest BCUT2D eigenvalue weighted by atomic mass is 19.1. The van der Waals surface area contributed by atoms with Crippen LogP contribution in [0.25, 0.3) is 0 Å². The van der Waals surface area contributed by atoms with Gasteiger partial charge in [-0.05, 0) is 30.7 Å². The maximum absolute atomic E-state index is 13.9. The molecule has 122 valence electrons. The minimum absolute atomic E-state index is 0.117. The lowest BCUT2D eigenvalue weighted by Gasteiger charge is -2.09. The molecule has 23 heavy (non-hydrogen) atoms. The van der Waals surface area contributed by atoms with E-state index in [1.165, 1.54) is 12.1 Å². The molecular formula is C17H18FNO4. The summed E-state index contributed by atoms with van der Waals surface area (Å²) in [4.78, 5) is 12.2. The van der Waals surface area contributed by atoms with E-state index < -0.39 is 5.82 Å². The van der Waals surface area contributed by atoms with Crippen molar-refractivity contribution in [1.29, 1.82) is 0 Å². The van der Waals surface area contributed by atoms with Crippen molar-refractivity contribution in [1.82, 2.24) is 0 Å². The molecule has 1 aliphatic carbocycles. The molecule has 2 aromatic rings. The molecule has 1 heterocycles. The number of hydrogen-bond acceptors (Lipinski definition) is 4. The number of carbonyl (C=O) groups excluding carboxylic acids is 1.